The Morgan fingerprint density at radius 2 is 2.11 bits per heavy atom. The second kappa shape index (κ2) is 7.38. The summed E-state index contributed by atoms with van der Waals surface area (Å²) in [7, 11) is 0. The number of hydrogen-bond acceptors (Lipinski definition) is 5. The molecule has 1 aromatic rings. The summed E-state index contributed by atoms with van der Waals surface area (Å²) >= 11 is 0. The topological polar surface area (TPSA) is 74.2 Å². The first kappa shape index (κ1) is 15.0. The van der Waals surface area contributed by atoms with Gasteiger partial charge in [0.2, 0.25) is 5.89 Å². The van der Waals surface area contributed by atoms with Crippen LogP contribution in [0.2, 0.25) is 0 Å². The van der Waals surface area contributed by atoms with E-state index in [1.165, 1.54) is 0 Å². The van der Waals surface area contributed by atoms with E-state index in [1.54, 1.807) is 0 Å². The van der Waals surface area contributed by atoms with Crippen LogP contribution >= 0.6 is 0 Å². The predicted molar refractivity (Wildman–Crippen MR) is 61.3 cm³/mol. The fraction of sp³-hybridized carbons (Fsp3) is 0.818. The van der Waals surface area contributed by atoms with Crippen molar-refractivity contribution in [3.63, 3.8) is 0 Å². The maximum atomic E-state index is 11.8. The number of nitrogens with zero attached hydrogens (tertiary/aromatic N) is 2. The molecule has 5 nitrogen and oxygen atoms in total. The summed E-state index contributed by atoms with van der Waals surface area (Å²) in [5.74, 6) is 1.25. The lowest BCUT2D eigenvalue weighted by molar-refractivity contribution is 0.0182. The van der Waals surface area contributed by atoms with Crippen LogP contribution in [0.5, 0.6) is 0 Å². The van der Waals surface area contributed by atoms with Gasteiger partial charge in [-0.15, -0.1) is 0 Å². The Balaban J connectivity index is 2.30. The lowest BCUT2D eigenvalue weighted by Crippen LogP contribution is -2.28. The van der Waals surface area contributed by atoms with Crippen molar-refractivity contribution < 1.29 is 18.0 Å². The minimum atomic E-state index is -2.45. The van der Waals surface area contributed by atoms with Gasteiger partial charge in [0.05, 0.1) is 6.61 Å². The van der Waals surface area contributed by atoms with Crippen LogP contribution in [0.4, 0.5) is 8.78 Å². The van der Waals surface area contributed by atoms with E-state index in [0.717, 1.165) is 0 Å². The Bertz CT molecular complexity index is 345. The van der Waals surface area contributed by atoms with Gasteiger partial charge in [-0.2, -0.15) is 4.98 Å². The first-order valence-electron chi connectivity index (χ1n) is 5.92. The molecule has 1 aromatic heterocycles. The van der Waals surface area contributed by atoms with Crippen LogP contribution in [0.15, 0.2) is 4.52 Å². The molecule has 1 unspecified atom stereocenters. The van der Waals surface area contributed by atoms with E-state index in [2.05, 4.69) is 10.1 Å². The molecule has 0 aliphatic rings. The van der Waals surface area contributed by atoms with Crippen LogP contribution < -0.4 is 5.73 Å². The molecular formula is C11H19F2N3O2. The molecule has 0 saturated heterocycles. The summed E-state index contributed by atoms with van der Waals surface area (Å²) in [6, 6.07) is -0.0339. The first-order valence-corrected chi connectivity index (χ1v) is 5.92. The zero-order valence-electron chi connectivity index (χ0n) is 10.6. The van der Waals surface area contributed by atoms with E-state index in [9.17, 15) is 8.78 Å². The Labute approximate surface area is 105 Å². The molecule has 1 rings (SSSR count). The Hall–Kier alpha value is -1.08. The average molecular weight is 263 g/mol. The average Bonchev–Trinajstić information content (AvgIpc) is 2.72. The number of rotatable bonds is 8. The van der Waals surface area contributed by atoms with Crippen molar-refractivity contribution in [2.45, 2.75) is 39.2 Å². The highest BCUT2D eigenvalue weighted by atomic mass is 19.3. The monoisotopic (exact) mass is 263 g/mol. The molecule has 0 amide bonds. The van der Waals surface area contributed by atoms with Crippen molar-refractivity contribution in [3.8, 4) is 0 Å². The van der Waals surface area contributed by atoms with Crippen molar-refractivity contribution in [1.82, 2.24) is 10.1 Å². The minimum Gasteiger partial charge on any atom is -0.375 e. The highest BCUT2D eigenvalue weighted by Crippen LogP contribution is 2.07. The highest BCUT2D eigenvalue weighted by Gasteiger charge is 2.14. The van der Waals surface area contributed by atoms with Crippen LogP contribution in [0.25, 0.3) is 0 Å². The molecule has 0 bridgehead atoms. The SMILES string of the molecule is CC(C)C(N)Cc1nc(CCOCC(F)F)no1. The van der Waals surface area contributed by atoms with E-state index in [0.29, 0.717) is 30.5 Å². The molecule has 7 heteroatoms. The van der Waals surface area contributed by atoms with E-state index >= 15 is 0 Å². The summed E-state index contributed by atoms with van der Waals surface area (Å²) in [5.41, 5.74) is 5.88. The predicted octanol–water partition coefficient (Wildman–Crippen LogP) is 1.42. The van der Waals surface area contributed by atoms with Gasteiger partial charge < -0.3 is 15.0 Å². The normalized spacial score (nSPS) is 13.5. The third-order valence-corrected chi connectivity index (χ3v) is 2.49. The van der Waals surface area contributed by atoms with Gasteiger partial charge in [0.1, 0.15) is 6.61 Å². The third-order valence-electron chi connectivity index (χ3n) is 2.49. The van der Waals surface area contributed by atoms with Gasteiger partial charge in [0.25, 0.3) is 6.43 Å². The maximum Gasteiger partial charge on any atom is 0.261 e. The lowest BCUT2D eigenvalue weighted by Gasteiger charge is -2.11. The molecule has 0 aliphatic heterocycles. The molecule has 0 spiro atoms. The fourth-order valence-electron chi connectivity index (χ4n) is 1.25. The molecule has 1 heterocycles. The van der Waals surface area contributed by atoms with Gasteiger partial charge in [0, 0.05) is 18.9 Å². The number of halogens is 2. The summed E-state index contributed by atoms with van der Waals surface area (Å²) in [6.45, 7) is 3.61. The van der Waals surface area contributed by atoms with Crippen molar-refractivity contribution >= 4 is 0 Å². The van der Waals surface area contributed by atoms with Crippen LogP contribution in [-0.4, -0.2) is 35.8 Å². The standard InChI is InChI=1S/C11H19F2N3O2/c1-7(2)8(14)5-11-15-10(16-18-11)3-4-17-6-9(12)13/h7-9H,3-6,14H2,1-2H3. The van der Waals surface area contributed by atoms with Crippen molar-refractivity contribution in [1.29, 1.82) is 0 Å². The van der Waals surface area contributed by atoms with E-state index < -0.39 is 13.0 Å². The Morgan fingerprint density at radius 3 is 2.72 bits per heavy atom. The molecule has 0 radical (unpaired) electrons. The molecule has 1 atom stereocenters. The van der Waals surface area contributed by atoms with Crippen LogP contribution in [0, 0.1) is 5.92 Å². The largest absolute Gasteiger partial charge is 0.375 e. The van der Waals surface area contributed by atoms with Crippen molar-refractivity contribution in [2.75, 3.05) is 13.2 Å². The van der Waals surface area contributed by atoms with Gasteiger partial charge in [-0.05, 0) is 5.92 Å². The zero-order valence-corrected chi connectivity index (χ0v) is 10.6. The second-order valence-corrected chi connectivity index (χ2v) is 4.43. The number of nitrogens with two attached hydrogens (primary N) is 1. The van der Waals surface area contributed by atoms with Gasteiger partial charge in [-0.1, -0.05) is 19.0 Å². The van der Waals surface area contributed by atoms with E-state index in [1.807, 2.05) is 13.8 Å². The first-order chi connectivity index (χ1) is 8.49. The Morgan fingerprint density at radius 1 is 1.39 bits per heavy atom. The zero-order chi connectivity index (χ0) is 13.5. The minimum absolute atomic E-state index is 0.0339. The number of aromatic nitrogens is 2. The van der Waals surface area contributed by atoms with Gasteiger partial charge in [-0.25, -0.2) is 8.78 Å². The second-order valence-electron chi connectivity index (χ2n) is 4.43. The molecule has 18 heavy (non-hydrogen) atoms. The van der Waals surface area contributed by atoms with Crippen LogP contribution in [0.3, 0.4) is 0 Å². The van der Waals surface area contributed by atoms with Crippen molar-refractivity contribution in [2.24, 2.45) is 11.7 Å². The summed E-state index contributed by atoms with van der Waals surface area (Å²) in [6.07, 6.45) is -1.58. The number of ether oxygens (including phenoxy) is 1. The van der Waals surface area contributed by atoms with Crippen molar-refractivity contribution in [3.05, 3.63) is 11.7 Å². The third kappa shape index (κ3) is 5.50. The lowest BCUT2D eigenvalue weighted by atomic mass is 10.0. The quantitative estimate of drug-likeness (QED) is 0.718. The molecule has 2 N–H and O–H groups in total. The summed E-state index contributed by atoms with van der Waals surface area (Å²) in [4.78, 5) is 4.12. The molecule has 104 valence electrons. The smallest absolute Gasteiger partial charge is 0.261 e. The van der Waals surface area contributed by atoms with Gasteiger partial charge in [0.15, 0.2) is 5.82 Å². The molecule has 0 fully saturated rings. The molecule has 0 aliphatic carbocycles. The van der Waals surface area contributed by atoms with E-state index in [4.69, 9.17) is 15.0 Å². The number of hydrogen-bond donors (Lipinski definition) is 1. The highest BCUT2D eigenvalue weighted by molar-refractivity contribution is 4.89. The van der Waals surface area contributed by atoms with Gasteiger partial charge in [-0.3, -0.25) is 0 Å². The summed E-state index contributed by atoms with van der Waals surface area (Å²) in [5, 5.41) is 3.74. The maximum absolute atomic E-state index is 11.8. The molecule has 0 aromatic carbocycles. The fourth-order valence-corrected chi connectivity index (χ4v) is 1.25. The van der Waals surface area contributed by atoms with Gasteiger partial charge >= 0.3 is 0 Å². The molecule has 0 saturated carbocycles. The van der Waals surface area contributed by atoms with Crippen LogP contribution in [-0.2, 0) is 17.6 Å². The molecular weight excluding hydrogens is 244 g/mol. The Kier molecular flexibility index (Phi) is 6.14. The number of alkyl halides is 2. The van der Waals surface area contributed by atoms with E-state index in [-0.39, 0.29) is 12.6 Å². The van der Waals surface area contributed by atoms with Crippen LogP contribution in [0.1, 0.15) is 25.6 Å². The summed E-state index contributed by atoms with van der Waals surface area (Å²) < 4.78 is 33.3.